The van der Waals surface area contributed by atoms with Gasteiger partial charge in [-0.3, -0.25) is 4.79 Å². The van der Waals surface area contributed by atoms with Crippen molar-refractivity contribution in [1.29, 1.82) is 0 Å². The summed E-state index contributed by atoms with van der Waals surface area (Å²) in [5, 5.41) is 0. The molecule has 0 radical (unpaired) electrons. The Balaban J connectivity index is 0.000000235. The number of nitrogens with two attached hydrogens (primary N) is 2. The fourth-order valence-electron chi connectivity index (χ4n) is 2.85. The Hall–Kier alpha value is -1.71. The first-order valence-corrected chi connectivity index (χ1v) is 7.64. The Kier molecular flexibility index (Phi) is 7.06. The molecule has 0 spiro atoms. The molecule has 0 heterocycles. The van der Waals surface area contributed by atoms with Gasteiger partial charge in [0.25, 0.3) is 6.47 Å². The largest absolute Gasteiger partial charge is 0.464 e. The Bertz CT molecular complexity index is 414. The van der Waals surface area contributed by atoms with Gasteiger partial charge in [0.1, 0.15) is 6.10 Å². The third-order valence-electron chi connectivity index (χ3n) is 4.19. The molecule has 118 valence electrons. The Morgan fingerprint density at radius 3 is 2.19 bits per heavy atom. The minimum atomic E-state index is 0.168. The van der Waals surface area contributed by atoms with E-state index in [0.29, 0.717) is 35.6 Å². The number of ether oxygens (including phenoxy) is 1. The molecule has 1 aromatic rings. The molecule has 21 heavy (non-hydrogen) atoms. The molecule has 1 fully saturated rings. The van der Waals surface area contributed by atoms with Gasteiger partial charge in [-0.25, -0.2) is 0 Å². The van der Waals surface area contributed by atoms with Gasteiger partial charge in [0.05, 0.1) is 11.4 Å². The third kappa shape index (κ3) is 5.66. The van der Waals surface area contributed by atoms with Crippen molar-refractivity contribution in [2.45, 2.75) is 46.1 Å². The highest BCUT2D eigenvalue weighted by atomic mass is 16.5. The topological polar surface area (TPSA) is 78.3 Å². The molecule has 1 aliphatic carbocycles. The molecule has 1 saturated carbocycles. The van der Waals surface area contributed by atoms with Crippen molar-refractivity contribution in [2.75, 3.05) is 11.5 Å². The van der Waals surface area contributed by atoms with E-state index in [1.165, 1.54) is 12.8 Å². The molecule has 1 aromatic carbocycles. The Morgan fingerprint density at radius 1 is 1.19 bits per heavy atom. The number of rotatable bonds is 3. The average Bonchev–Trinajstić information content (AvgIpc) is 2.43. The normalized spacial score (nSPS) is 24.9. The van der Waals surface area contributed by atoms with Crippen molar-refractivity contribution in [3.63, 3.8) is 0 Å². The quantitative estimate of drug-likeness (QED) is 0.660. The minimum Gasteiger partial charge on any atom is -0.464 e. The number of benzene rings is 1. The van der Waals surface area contributed by atoms with E-state index in [9.17, 15) is 4.79 Å². The average molecular weight is 292 g/mol. The molecule has 4 nitrogen and oxygen atoms in total. The van der Waals surface area contributed by atoms with Crippen LogP contribution in [0.1, 0.15) is 40.0 Å². The number of nitrogen functional groups attached to an aromatic ring is 2. The lowest BCUT2D eigenvalue weighted by Crippen LogP contribution is -2.33. The van der Waals surface area contributed by atoms with Crippen LogP contribution in [0.5, 0.6) is 0 Å². The number of anilines is 2. The van der Waals surface area contributed by atoms with Crippen LogP contribution in [0.2, 0.25) is 0 Å². The van der Waals surface area contributed by atoms with Gasteiger partial charge in [-0.2, -0.15) is 0 Å². The lowest BCUT2D eigenvalue weighted by molar-refractivity contribution is -0.140. The van der Waals surface area contributed by atoms with Gasteiger partial charge < -0.3 is 16.2 Å². The van der Waals surface area contributed by atoms with Crippen molar-refractivity contribution < 1.29 is 9.53 Å². The van der Waals surface area contributed by atoms with E-state index in [-0.39, 0.29) is 6.10 Å². The van der Waals surface area contributed by atoms with Crippen molar-refractivity contribution in [3.05, 3.63) is 24.3 Å². The first-order valence-electron chi connectivity index (χ1n) is 7.64. The number of para-hydroxylation sites is 2. The zero-order chi connectivity index (χ0) is 15.8. The molecule has 4 N–H and O–H groups in total. The van der Waals surface area contributed by atoms with E-state index in [2.05, 4.69) is 20.8 Å². The second-order valence-corrected chi connectivity index (χ2v) is 6.23. The highest BCUT2D eigenvalue weighted by Crippen LogP contribution is 2.34. The molecule has 4 heteroatoms. The monoisotopic (exact) mass is 292 g/mol. The van der Waals surface area contributed by atoms with E-state index >= 15 is 0 Å². The molecule has 0 saturated heterocycles. The minimum absolute atomic E-state index is 0.168. The Labute approximate surface area is 127 Å². The molecule has 1 aliphatic rings. The highest BCUT2D eigenvalue weighted by molar-refractivity contribution is 5.62. The van der Waals surface area contributed by atoms with Gasteiger partial charge in [-0.15, -0.1) is 0 Å². The van der Waals surface area contributed by atoms with Crippen LogP contribution >= 0.6 is 0 Å². The number of carbonyl (C=O) groups is 1. The SMILES string of the molecule is CC1CCC(C(C)C)C(OC=O)C1.Nc1ccccc1N. The third-order valence-corrected chi connectivity index (χ3v) is 4.19. The first-order chi connectivity index (χ1) is 9.95. The van der Waals surface area contributed by atoms with Crippen molar-refractivity contribution >= 4 is 17.8 Å². The molecule has 0 aromatic heterocycles. The second-order valence-electron chi connectivity index (χ2n) is 6.23. The summed E-state index contributed by atoms with van der Waals surface area (Å²) in [5.41, 5.74) is 12.1. The molecule has 3 unspecified atom stereocenters. The number of carbonyl (C=O) groups excluding carboxylic acids is 1. The molecule has 0 aliphatic heterocycles. The first kappa shape index (κ1) is 17.3. The molecule has 0 bridgehead atoms. The van der Waals surface area contributed by atoms with E-state index in [1.54, 1.807) is 12.1 Å². The lowest BCUT2D eigenvalue weighted by atomic mass is 9.75. The van der Waals surface area contributed by atoms with E-state index in [0.717, 1.165) is 6.42 Å². The summed E-state index contributed by atoms with van der Waals surface area (Å²) in [7, 11) is 0. The predicted octanol–water partition coefficient (Wildman–Crippen LogP) is 3.47. The van der Waals surface area contributed by atoms with Crippen LogP contribution in [0.4, 0.5) is 11.4 Å². The smallest absolute Gasteiger partial charge is 0.293 e. The van der Waals surface area contributed by atoms with Crippen LogP contribution < -0.4 is 11.5 Å². The standard InChI is InChI=1S/C11H20O2.C6H8N2/c1-8(2)10-5-4-9(3)6-11(10)13-7-12;7-5-3-1-2-4-6(5)8/h7-11H,4-6H2,1-3H3;1-4H,7-8H2. The zero-order valence-corrected chi connectivity index (χ0v) is 13.3. The second kappa shape index (κ2) is 8.55. The molecule has 0 amide bonds. The summed E-state index contributed by atoms with van der Waals surface area (Å²) < 4.78 is 5.15. The molecular formula is C17H28N2O2. The van der Waals surface area contributed by atoms with Gasteiger partial charge in [0, 0.05) is 0 Å². The summed E-state index contributed by atoms with van der Waals surface area (Å²) in [6.45, 7) is 7.26. The number of hydrogen-bond donors (Lipinski definition) is 2. The van der Waals surface area contributed by atoms with Gasteiger partial charge in [-0.1, -0.05) is 39.3 Å². The van der Waals surface area contributed by atoms with E-state index in [1.807, 2.05) is 12.1 Å². The van der Waals surface area contributed by atoms with Crippen LogP contribution in [0.3, 0.4) is 0 Å². The zero-order valence-electron chi connectivity index (χ0n) is 13.3. The maximum absolute atomic E-state index is 10.3. The van der Waals surface area contributed by atoms with Crippen molar-refractivity contribution in [3.8, 4) is 0 Å². The summed E-state index contributed by atoms with van der Waals surface area (Å²) in [6, 6.07) is 7.25. The van der Waals surface area contributed by atoms with E-state index in [4.69, 9.17) is 16.2 Å². The van der Waals surface area contributed by atoms with Crippen LogP contribution in [0.25, 0.3) is 0 Å². The molecule has 2 rings (SSSR count). The van der Waals surface area contributed by atoms with E-state index < -0.39 is 0 Å². The van der Waals surface area contributed by atoms with Crippen LogP contribution in [0.15, 0.2) is 24.3 Å². The van der Waals surface area contributed by atoms with Crippen LogP contribution in [-0.4, -0.2) is 12.6 Å². The Morgan fingerprint density at radius 2 is 1.76 bits per heavy atom. The number of hydrogen-bond acceptors (Lipinski definition) is 4. The lowest BCUT2D eigenvalue weighted by Gasteiger charge is -2.35. The predicted molar refractivity (Wildman–Crippen MR) is 87.5 cm³/mol. The van der Waals surface area contributed by atoms with Gasteiger partial charge in [0.2, 0.25) is 0 Å². The van der Waals surface area contributed by atoms with Crippen molar-refractivity contribution in [1.82, 2.24) is 0 Å². The van der Waals surface area contributed by atoms with Gasteiger partial charge in [0.15, 0.2) is 0 Å². The van der Waals surface area contributed by atoms with Gasteiger partial charge in [-0.05, 0) is 42.7 Å². The highest BCUT2D eigenvalue weighted by Gasteiger charge is 2.31. The maximum atomic E-state index is 10.3. The van der Waals surface area contributed by atoms with Crippen LogP contribution in [0, 0.1) is 17.8 Å². The maximum Gasteiger partial charge on any atom is 0.293 e. The summed E-state index contributed by atoms with van der Waals surface area (Å²) in [5.74, 6) is 1.90. The summed E-state index contributed by atoms with van der Waals surface area (Å²) in [4.78, 5) is 10.3. The fourth-order valence-corrected chi connectivity index (χ4v) is 2.85. The van der Waals surface area contributed by atoms with Crippen molar-refractivity contribution in [2.24, 2.45) is 17.8 Å². The van der Waals surface area contributed by atoms with Gasteiger partial charge >= 0.3 is 0 Å². The molecular weight excluding hydrogens is 264 g/mol. The molecule has 3 atom stereocenters. The van der Waals surface area contributed by atoms with Crippen LogP contribution in [-0.2, 0) is 9.53 Å². The summed E-state index contributed by atoms with van der Waals surface area (Å²) in [6.07, 6.45) is 3.70. The summed E-state index contributed by atoms with van der Waals surface area (Å²) >= 11 is 0. The fraction of sp³-hybridized carbons (Fsp3) is 0.588.